The number of hydrogen-bond donors (Lipinski definition) is 1. The number of hydrogen-bond acceptors (Lipinski definition) is 5. The summed E-state index contributed by atoms with van der Waals surface area (Å²) in [6.45, 7) is 0. The van der Waals surface area contributed by atoms with E-state index in [1.807, 2.05) is 30.3 Å². The van der Waals surface area contributed by atoms with Crippen molar-refractivity contribution in [1.82, 2.24) is 0 Å². The van der Waals surface area contributed by atoms with Crippen LogP contribution in [-0.2, 0) is 9.59 Å². The Morgan fingerprint density at radius 2 is 1.71 bits per heavy atom. The Balaban J connectivity index is 1.60. The van der Waals surface area contributed by atoms with Gasteiger partial charge >= 0.3 is 0 Å². The van der Waals surface area contributed by atoms with Crippen molar-refractivity contribution >= 4 is 17.4 Å². The van der Waals surface area contributed by atoms with E-state index in [2.05, 4.69) is 0 Å². The largest absolute Gasteiger partial charge is 0.497 e. The van der Waals surface area contributed by atoms with Crippen LogP contribution in [0.2, 0.25) is 0 Å². The highest BCUT2D eigenvalue weighted by molar-refractivity contribution is 6.05. The number of Topliss-reactive ketones (excluding diaryl/α,β-unsaturated/α-hetero) is 1. The average Bonchev–Trinajstić information content (AvgIpc) is 3.16. The van der Waals surface area contributed by atoms with Crippen molar-refractivity contribution < 1.29 is 24.2 Å². The summed E-state index contributed by atoms with van der Waals surface area (Å²) in [7, 11) is 1.58. The zero-order valence-corrected chi connectivity index (χ0v) is 15.7. The van der Waals surface area contributed by atoms with Crippen molar-refractivity contribution in [3.05, 3.63) is 54.6 Å². The second-order valence-corrected chi connectivity index (χ2v) is 7.20. The van der Waals surface area contributed by atoms with Gasteiger partial charge in [-0.05, 0) is 49.2 Å². The first-order valence-electron chi connectivity index (χ1n) is 9.50. The molecule has 6 heteroatoms. The van der Waals surface area contributed by atoms with Crippen LogP contribution in [0.1, 0.15) is 19.3 Å². The molecule has 1 amide bonds. The molecule has 1 aliphatic carbocycles. The van der Waals surface area contributed by atoms with Gasteiger partial charge in [0, 0.05) is 18.0 Å². The minimum absolute atomic E-state index is 0.0584. The number of benzene rings is 2. The van der Waals surface area contributed by atoms with Crippen LogP contribution in [0.25, 0.3) is 0 Å². The van der Waals surface area contributed by atoms with Crippen molar-refractivity contribution in [2.24, 2.45) is 5.92 Å². The minimum Gasteiger partial charge on any atom is -0.497 e. The molecular weight excluding hydrogens is 358 g/mol. The van der Waals surface area contributed by atoms with Gasteiger partial charge in [-0.2, -0.15) is 0 Å². The molecule has 0 spiro atoms. The lowest BCUT2D eigenvalue weighted by molar-refractivity contribution is -0.142. The molecule has 4 atom stereocenters. The fourth-order valence-electron chi connectivity index (χ4n) is 4.07. The van der Waals surface area contributed by atoms with Gasteiger partial charge in [0.25, 0.3) is 5.91 Å². The van der Waals surface area contributed by atoms with Crippen LogP contribution in [0.15, 0.2) is 54.6 Å². The number of ether oxygens (including phenoxy) is 2. The van der Waals surface area contributed by atoms with Gasteiger partial charge in [0.2, 0.25) is 6.10 Å². The third-order valence-electron chi connectivity index (χ3n) is 5.56. The molecule has 1 heterocycles. The predicted octanol–water partition coefficient (Wildman–Crippen LogP) is 2.59. The Morgan fingerprint density at radius 1 is 1.04 bits per heavy atom. The van der Waals surface area contributed by atoms with E-state index < -0.39 is 24.2 Å². The first kappa shape index (κ1) is 18.5. The second kappa shape index (κ2) is 7.64. The molecule has 1 aliphatic heterocycles. The molecule has 146 valence electrons. The van der Waals surface area contributed by atoms with E-state index in [-0.39, 0.29) is 11.7 Å². The highest BCUT2D eigenvalue weighted by Gasteiger charge is 2.56. The molecule has 6 nitrogen and oxygen atoms in total. The Labute approximate surface area is 163 Å². The van der Waals surface area contributed by atoms with Crippen molar-refractivity contribution in [1.29, 1.82) is 0 Å². The minimum atomic E-state index is -0.962. The lowest BCUT2D eigenvalue weighted by atomic mass is 9.83. The van der Waals surface area contributed by atoms with Gasteiger partial charge in [0.05, 0.1) is 13.2 Å². The second-order valence-electron chi connectivity index (χ2n) is 7.20. The van der Waals surface area contributed by atoms with Gasteiger partial charge in [-0.15, -0.1) is 0 Å². The maximum atomic E-state index is 12.9. The van der Waals surface area contributed by atoms with Crippen LogP contribution in [-0.4, -0.2) is 42.2 Å². The number of nitrogens with zero attached hydrogens (tertiary/aromatic N) is 1. The summed E-state index contributed by atoms with van der Waals surface area (Å²) < 4.78 is 11.1. The van der Waals surface area contributed by atoms with Gasteiger partial charge in [0.15, 0.2) is 0 Å². The SMILES string of the molecule is COc1ccc(O[C@H]2C(=O)N(c3ccccc3)[C@H]2[C@H](O)[C@H]2CCCC2=O)cc1. The van der Waals surface area contributed by atoms with Crippen LogP contribution in [0.4, 0.5) is 5.69 Å². The number of carbonyl (C=O) groups excluding carboxylic acids is 2. The van der Waals surface area contributed by atoms with E-state index in [1.165, 1.54) is 0 Å². The van der Waals surface area contributed by atoms with Crippen LogP contribution < -0.4 is 14.4 Å². The summed E-state index contributed by atoms with van der Waals surface area (Å²) in [5.41, 5.74) is 0.691. The van der Waals surface area contributed by atoms with Crippen LogP contribution >= 0.6 is 0 Å². The number of β-lactam (4-membered cyclic amide) rings is 1. The summed E-state index contributed by atoms with van der Waals surface area (Å²) in [5, 5.41) is 11.0. The van der Waals surface area contributed by atoms with Crippen LogP contribution in [0.3, 0.4) is 0 Å². The fraction of sp³-hybridized carbons (Fsp3) is 0.364. The van der Waals surface area contributed by atoms with E-state index in [4.69, 9.17) is 9.47 Å². The molecule has 28 heavy (non-hydrogen) atoms. The molecule has 0 unspecified atom stereocenters. The number of aliphatic hydroxyl groups excluding tert-OH is 1. The highest BCUT2D eigenvalue weighted by atomic mass is 16.5. The van der Waals surface area contributed by atoms with Crippen molar-refractivity contribution in [2.45, 2.75) is 37.5 Å². The van der Waals surface area contributed by atoms with E-state index >= 15 is 0 Å². The summed E-state index contributed by atoms with van der Waals surface area (Å²) in [6.07, 6.45) is 0.102. The van der Waals surface area contributed by atoms with Gasteiger partial charge in [-0.3, -0.25) is 14.5 Å². The lowest BCUT2D eigenvalue weighted by Gasteiger charge is -2.49. The number of amides is 1. The Bertz CT molecular complexity index is 851. The van der Waals surface area contributed by atoms with Crippen LogP contribution in [0.5, 0.6) is 11.5 Å². The molecule has 2 aromatic carbocycles. The fourth-order valence-corrected chi connectivity index (χ4v) is 4.07. The summed E-state index contributed by atoms with van der Waals surface area (Å²) in [6, 6.07) is 15.5. The predicted molar refractivity (Wildman–Crippen MR) is 103 cm³/mol. The maximum absolute atomic E-state index is 12.9. The number of anilines is 1. The Hall–Kier alpha value is -2.86. The summed E-state index contributed by atoms with van der Waals surface area (Å²) in [5.74, 6) is 0.582. The number of rotatable bonds is 6. The van der Waals surface area contributed by atoms with Crippen LogP contribution in [0, 0.1) is 5.92 Å². The molecule has 0 bridgehead atoms. The summed E-state index contributed by atoms with van der Waals surface area (Å²) >= 11 is 0. The molecule has 2 aromatic rings. The van der Waals surface area contributed by atoms with Gasteiger partial charge in [-0.25, -0.2) is 0 Å². The number of ketones is 1. The van der Waals surface area contributed by atoms with Gasteiger partial charge < -0.3 is 14.6 Å². The van der Waals surface area contributed by atoms with Gasteiger partial charge in [0.1, 0.15) is 23.3 Å². The molecule has 0 aromatic heterocycles. The van der Waals surface area contributed by atoms with Crippen molar-refractivity contribution in [2.75, 3.05) is 12.0 Å². The van der Waals surface area contributed by atoms with E-state index in [0.29, 0.717) is 30.0 Å². The zero-order valence-electron chi connectivity index (χ0n) is 15.7. The number of aliphatic hydroxyl groups is 1. The molecule has 0 radical (unpaired) electrons. The van der Waals surface area contributed by atoms with Crippen molar-refractivity contribution in [3.8, 4) is 11.5 Å². The van der Waals surface area contributed by atoms with Gasteiger partial charge in [-0.1, -0.05) is 18.2 Å². The Morgan fingerprint density at radius 3 is 2.32 bits per heavy atom. The standard InChI is InChI=1S/C22H23NO5/c1-27-15-10-12-16(13-11-15)28-21-19(20(25)17-8-5-9-18(17)24)23(22(21)26)14-6-3-2-4-7-14/h2-4,6-7,10-13,17,19-21,25H,5,8-9H2,1H3/t17-,19-,20+,21+/m0/s1. The maximum Gasteiger partial charge on any atom is 0.270 e. The number of para-hydroxylation sites is 1. The smallest absolute Gasteiger partial charge is 0.270 e. The number of carbonyl (C=O) groups is 2. The third-order valence-corrected chi connectivity index (χ3v) is 5.56. The third kappa shape index (κ3) is 3.24. The van der Waals surface area contributed by atoms with E-state index in [0.717, 1.165) is 6.42 Å². The highest BCUT2D eigenvalue weighted by Crippen LogP contribution is 2.38. The lowest BCUT2D eigenvalue weighted by Crippen LogP contribution is -2.72. The monoisotopic (exact) mass is 381 g/mol. The topological polar surface area (TPSA) is 76.1 Å². The van der Waals surface area contributed by atoms with E-state index in [1.54, 1.807) is 36.3 Å². The molecule has 2 fully saturated rings. The normalized spacial score (nSPS) is 25.4. The quantitative estimate of drug-likeness (QED) is 0.779. The van der Waals surface area contributed by atoms with E-state index in [9.17, 15) is 14.7 Å². The average molecular weight is 381 g/mol. The molecule has 1 saturated heterocycles. The first-order valence-corrected chi connectivity index (χ1v) is 9.50. The Kier molecular flexibility index (Phi) is 5.05. The summed E-state index contributed by atoms with van der Waals surface area (Å²) in [4.78, 5) is 26.6. The molecule has 4 rings (SSSR count). The van der Waals surface area contributed by atoms with Crippen molar-refractivity contribution in [3.63, 3.8) is 0 Å². The molecule has 2 aliphatic rings. The molecule has 1 saturated carbocycles. The molecular formula is C22H23NO5. The zero-order chi connectivity index (χ0) is 19.7. The number of methoxy groups -OCH3 is 1. The molecule has 1 N–H and O–H groups in total. The first-order chi connectivity index (χ1) is 13.6.